The second kappa shape index (κ2) is 2.41. The topological polar surface area (TPSA) is 55.7 Å². The van der Waals surface area contributed by atoms with Gasteiger partial charge in [0.25, 0.3) is 0 Å². The molecule has 0 aliphatic heterocycles. The average molecular weight is 120 g/mol. The van der Waals surface area contributed by atoms with Crippen LogP contribution in [0.2, 0.25) is 0 Å². The lowest BCUT2D eigenvalue weighted by Crippen LogP contribution is -2.45. The van der Waals surface area contributed by atoms with E-state index in [9.17, 15) is 0 Å². The maximum atomic E-state index is 8.17. The third-order valence-corrected chi connectivity index (χ3v) is 0.435. The molecule has 4 nitrogen and oxygen atoms in total. The molecule has 0 saturated heterocycles. The molecule has 8 heavy (non-hydrogen) atoms. The van der Waals surface area contributed by atoms with Crippen LogP contribution in [0, 0.1) is 0 Å². The molecular weight excluding hydrogens is 108 g/mol. The van der Waals surface area contributed by atoms with Crippen LogP contribution in [0.3, 0.4) is 0 Å². The van der Waals surface area contributed by atoms with Crippen molar-refractivity contribution in [2.24, 2.45) is 0 Å². The second-order valence-electron chi connectivity index (χ2n) is 2.65. The van der Waals surface area contributed by atoms with Gasteiger partial charge in [-0.25, -0.2) is 5.43 Å². The summed E-state index contributed by atoms with van der Waals surface area (Å²) in [5, 5.41) is 16.3. The van der Waals surface area contributed by atoms with Crippen molar-refractivity contribution in [1.82, 2.24) is 10.8 Å². The quantitative estimate of drug-likeness (QED) is 0.437. The van der Waals surface area contributed by atoms with Crippen LogP contribution >= 0.6 is 0 Å². The molecule has 50 valence electrons. The van der Waals surface area contributed by atoms with E-state index in [0.717, 1.165) is 0 Å². The smallest absolute Gasteiger partial charge is 0.0286 e. The summed E-state index contributed by atoms with van der Waals surface area (Å²) in [6.45, 7) is 5.44. The Hall–Kier alpha value is -0.160. The van der Waals surface area contributed by atoms with Crippen LogP contribution in [0.25, 0.3) is 0 Å². The summed E-state index contributed by atoms with van der Waals surface area (Å²) in [4.78, 5) is 0. The minimum absolute atomic E-state index is 0.0417. The summed E-state index contributed by atoms with van der Waals surface area (Å²) in [6.07, 6.45) is 0. The lowest BCUT2D eigenvalue weighted by Gasteiger charge is -2.21. The first-order chi connectivity index (χ1) is 3.42. The van der Waals surface area contributed by atoms with Gasteiger partial charge in [0, 0.05) is 10.9 Å². The Balaban J connectivity index is 3.39. The second-order valence-corrected chi connectivity index (χ2v) is 2.65. The number of hydrogen-bond acceptors (Lipinski definition) is 4. The van der Waals surface area contributed by atoms with Crippen molar-refractivity contribution in [2.45, 2.75) is 26.3 Å². The highest BCUT2D eigenvalue weighted by molar-refractivity contribution is 4.64. The van der Waals surface area contributed by atoms with Crippen molar-refractivity contribution in [2.75, 3.05) is 0 Å². The van der Waals surface area contributed by atoms with Gasteiger partial charge in [-0.05, 0) is 20.8 Å². The standard InChI is InChI=1S/C4H12N2O2/c1-4(2,3)5-6(7)8/h5,7-8H,1-3H3. The molecule has 0 bridgehead atoms. The maximum Gasteiger partial charge on any atom is 0.0286 e. The van der Waals surface area contributed by atoms with Gasteiger partial charge in [-0.15, -0.1) is 0 Å². The third kappa shape index (κ3) is 5.84. The summed E-state index contributed by atoms with van der Waals surface area (Å²) in [5.41, 5.74) is 2.02. The lowest BCUT2D eigenvalue weighted by molar-refractivity contribution is -0.351. The molecule has 0 spiro atoms. The van der Waals surface area contributed by atoms with Crippen molar-refractivity contribution in [3.63, 3.8) is 0 Å². The minimum Gasteiger partial charge on any atom is -0.276 e. The zero-order chi connectivity index (χ0) is 6.78. The lowest BCUT2D eigenvalue weighted by atomic mass is 10.1. The highest BCUT2D eigenvalue weighted by Gasteiger charge is 2.10. The average Bonchev–Trinajstić information content (AvgIpc) is 1.21. The number of hydrogen-bond donors (Lipinski definition) is 3. The Morgan fingerprint density at radius 2 is 1.62 bits per heavy atom. The highest BCUT2D eigenvalue weighted by atomic mass is 16.8. The molecular formula is C4H12N2O2. The fourth-order valence-electron chi connectivity index (χ4n) is 0.300. The third-order valence-electron chi connectivity index (χ3n) is 0.435. The molecule has 4 heteroatoms. The molecule has 0 radical (unpaired) electrons. The van der Waals surface area contributed by atoms with Gasteiger partial charge in [-0.1, -0.05) is 0 Å². The van der Waals surface area contributed by atoms with Gasteiger partial charge < -0.3 is 0 Å². The maximum absolute atomic E-state index is 8.17. The number of rotatable bonds is 1. The predicted octanol–water partition coefficient (Wildman–Crippen LogP) is 0.370. The van der Waals surface area contributed by atoms with E-state index in [2.05, 4.69) is 5.43 Å². The van der Waals surface area contributed by atoms with Crippen molar-refractivity contribution in [3.8, 4) is 0 Å². The van der Waals surface area contributed by atoms with Crippen LogP contribution in [0.5, 0.6) is 0 Å². The minimum atomic E-state index is -0.302. The molecule has 0 aromatic heterocycles. The fourth-order valence-corrected chi connectivity index (χ4v) is 0.300. The first-order valence-electron chi connectivity index (χ1n) is 2.37. The fraction of sp³-hybridized carbons (Fsp3) is 1.00. The molecule has 0 atom stereocenters. The molecule has 3 N–H and O–H groups in total. The van der Waals surface area contributed by atoms with Crippen molar-refractivity contribution in [1.29, 1.82) is 0 Å². The molecule has 0 unspecified atom stereocenters. The van der Waals surface area contributed by atoms with Crippen LogP contribution in [-0.2, 0) is 0 Å². The summed E-state index contributed by atoms with van der Waals surface area (Å²) in [5.74, 6) is 0. The van der Waals surface area contributed by atoms with Gasteiger partial charge in [-0.2, -0.15) is 0 Å². The Kier molecular flexibility index (Phi) is 2.36. The Morgan fingerprint density at radius 1 is 1.25 bits per heavy atom. The first-order valence-corrected chi connectivity index (χ1v) is 2.37. The van der Waals surface area contributed by atoms with Crippen LogP contribution in [0.4, 0.5) is 0 Å². The van der Waals surface area contributed by atoms with E-state index in [-0.39, 0.29) is 10.9 Å². The number of hydrazine groups is 1. The molecule has 0 aromatic rings. The Bertz CT molecular complexity index is 66.9. The number of nitrogens with zero attached hydrogens (tertiary/aromatic N) is 1. The normalized spacial score (nSPS) is 12.8. The monoisotopic (exact) mass is 120 g/mol. The van der Waals surface area contributed by atoms with E-state index in [1.54, 1.807) is 0 Å². The molecule has 0 rings (SSSR count). The van der Waals surface area contributed by atoms with Gasteiger partial charge in [0.05, 0.1) is 0 Å². The van der Waals surface area contributed by atoms with Gasteiger partial charge in [0.2, 0.25) is 0 Å². The number of nitrogens with one attached hydrogen (secondary N) is 1. The summed E-state index contributed by atoms with van der Waals surface area (Å²) in [7, 11) is 0. The van der Waals surface area contributed by atoms with Crippen molar-refractivity contribution in [3.05, 3.63) is 0 Å². The van der Waals surface area contributed by atoms with E-state index in [1.165, 1.54) is 0 Å². The van der Waals surface area contributed by atoms with Crippen molar-refractivity contribution >= 4 is 0 Å². The van der Waals surface area contributed by atoms with Crippen LogP contribution < -0.4 is 5.43 Å². The van der Waals surface area contributed by atoms with E-state index in [4.69, 9.17) is 10.4 Å². The SMILES string of the molecule is CC(C)(C)NN(O)O. The zero-order valence-electron chi connectivity index (χ0n) is 5.34. The summed E-state index contributed by atoms with van der Waals surface area (Å²) in [6, 6.07) is 0. The van der Waals surface area contributed by atoms with Crippen LogP contribution in [0.1, 0.15) is 20.8 Å². The first kappa shape index (κ1) is 7.84. The Labute approximate surface area is 48.6 Å². The largest absolute Gasteiger partial charge is 0.276 e. The van der Waals surface area contributed by atoms with E-state index >= 15 is 0 Å². The van der Waals surface area contributed by atoms with Gasteiger partial charge in [0.1, 0.15) is 0 Å². The van der Waals surface area contributed by atoms with E-state index < -0.39 is 0 Å². The molecule has 0 aliphatic carbocycles. The highest BCUT2D eigenvalue weighted by Crippen LogP contribution is 1.96. The summed E-state index contributed by atoms with van der Waals surface area (Å²) >= 11 is 0. The molecule has 0 amide bonds. The van der Waals surface area contributed by atoms with Crippen LogP contribution in [0.15, 0.2) is 0 Å². The predicted molar refractivity (Wildman–Crippen MR) is 28.3 cm³/mol. The van der Waals surface area contributed by atoms with Crippen molar-refractivity contribution < 1.29 is 10.4 Å². The molecule has 0 heterocycles. The van der Waals surface area contributed by atoms with Crippen LogP contribution in [-0.4, -0.2) is 21.3 Å². The molecule has 0 aromatic carbocycles. The summed E-state index contributed by atoms with van der Waals surface area (Å²) < 4.78 is 0. The van der Waals surface area contributed by atoms with Gasteiger partial charge in [0.15, 0.2) is 0 Å². The molecule has 0 fully saturated rings. The van der Waals surface area contributed by atoms with Gasteiger partial charge in [-0.3, -0.25) is 10.4 Å². The Morgan fingerprint density at radius 3 is 1.62 bits per heavy atom. The van der Waals surface area contributed by atoms with Gasteiger partial charge >= 0.3 is 0 Å². The van der Waals surface area contributed by atoms with E-state index in [1.807, 2.05) is 20.8 Å². The zero-order valence-corrected chi connectivity index (χ0v) is 5.34. The molecule has 0 saturated carbocycles. The van der Waals surface area contributed by atoms with E-state index in [0.29, 0.717) is 0 Å². The molecule has 0 aliphatic rings.